The van der Waals surface area contributed by atoms with Crippen LogP contribution in [-0.4, -0.2) is 12.1 Å². The summed E-state index contributed by atoms with van der Waals surface area (Å²) in [5, 5.41) is 0. The highest BCUT2D eigenvalue weighted by Gasteiger charge is 2.55. The minimum Gasteiger partial charge on any atom is -0.298 e. The van der Waals surface area contributed by atoms with E-state index in [1.54, 1.807) is 6.08 Å². The minimum atomic E-state index is 0.0562. The number of hydrogen-bond donors (Lipinski definition) is 0. The van der Waals surface area contributed by atoms with Crippen LogP contribution in [0.25, 0.3) is 0 Å². The Balaban J connectivity index is 1.72. The molecule has 0 amide bonds. The van der Waals surface area contributed by atoms with E-state index < -0.39 is 0 Å². The highest BCUT2D eigenvalue weighted by atomic mass is 16.1. The van der Waals surface area contributed by atoms with Crippen LogP contribution in [0.1, 0.15) is 52.4 Å². The predicted molar refractivity (Wildman–Crippen MR) is 90.8 cm³/mol. The van der Waals surface area contributed by atoms with Crippen molar-refractivity contribution in [3.63, 3.8) is 0 Å². The summed E-state index contributed by atoms with van der Waals surface area (Å²) in [4.78, 5) is 23.4. The molecule has 4 aliphatic rings. The van der Waals surface area contributed by atoms with Gasteiger partial charge in [-0.1, -0.05) is 31.6 Å². The number of carbonyl (C=O) groups is 2. The molecule has 0 aromatic carbocycles. The molecule has 0 aromatic rings. The summed E-state index contributed by atoms with van der Waals surface area (Å²) >= 11 is 0. The van der Waals surface area contributed by atoms with Crippen LogP contribution in [0.4, 0.5) is 0 Å². The van der Waals surface area contributed by atoms with E-state index in [1.165, 1.54) is 18.4 Å². The van der Waals surface area contributed by atoms with Crippen LogP contribution in [-0.2, 0) is 9.59 Å². The third kappa shape index (κ3) is 2.00. The maximum absolute atomic E-state index is 11.8. The zero-order valence-corrected chi connectivity index (χ0v) is 14.2. The maximum atomic E-state index is 11.8. The van der Waals surface area contributed by atoms with Gasteiger partial charge >= 0.3 is 0 Å². The van der Waals surface area contributed by atoms with Gasteiger partial charge in [0.2, 0.25) is 0 Å². The molecule has 122 valence electrons. The zero-order valence-electron chi connectivity index (χ0n) is 14.2. The number of allylic oxidation sites excluding steroid dienone is 6. The Kier molecular flexibility index (Phi) is 3.30. The lowest BCUT2D eigenvalue weighted by Gasteiger charge is -2.58. The number of aldehydes is 1. The molecule has 0 aromatic heterocycles. The van der Waals surface area contributed by atoms with E-state index in [0.717, 1.165) is 37.5 Å². The second kappa shape index (κ2) is 5.03. The zero-order chi connectivity index (χ0) is 16.2. The average molecular weight is 310 g/mol. The number of hydrogen-bond acceptors (Lipinski definition) is 2. The van der Waals surface area contributed by atoms with Crippen molar-refractivity contribution in [3.05, 3.63) is 35.5 Å². The third-order valence-corrected chi connectivity index (χ3v) is 7.57. The van der Waals surface area contributed by atoms with Crippen molar-refractivity contribution in [1.82, 2.24) is 0 Å². The van der Waals surface area contributed by atoms with Crippen LogP contribution < -0.4 is 0 Å². The Morgan fingerprint density at radius 2 is 2.00 bits per heavy atom. The molecule has 4 rings (SSSR count). The van der Waals surface area contributed by atoms with E-state index in [9.17, 15) is 9.59 Å². The first-order valence-corrected chi connectivity index (χ1v) is 9.09. The van der Waals surface area contributed by atoms with Gasteiger partial charge in [-0.25, -0.2) is 0 Å². The Bertz CT molecular complexity index is 653. The van der Waals surface area contributed by atoms with Crippen molar-refractivity contribution in [2.75, 3.05) is 0 Å². The van der Waals surface area contributed by atoms with Gasteiger partial charge in [0.05, 0.1) is 0 Å². The lowest BCUT2D eigenvalue weighted by Crippen LogP contribution is -2.51. The van der Waals surface area contributed by atoms with Crippen molar-refractivity contribution in [2.45, 2.75) is 52.4 Å². The second-order valence-electron chi connectivity index (χ2n) is 8.41. The number of ketones is 1. The van der Waals surface area contributed by atoms with Crippen molar-refractivity contribution < 1.29 is 9.59 Å². The number of fused-ring (bicyclic) bond motifs is 5. The standard InChI is InChI=1S/C21H26O2/c1-20-10-8-16(23)12-14(20)6-7-17-18-5-3-4-15(13-22)21(18,2)11-9-19(17)20/h4,8,10,12-13,17-19H,3,5-7,9,11H2,1-2H3. The molecule has 2 fully saturated rings. The minimum absolute atomic E-state index is 0.0562. The molecule has 23 heavy (non-hydrogen) atoms. The molecule has 0 aliphatic heterocycles. The Morgan fingerprint density at radius 1 is 1.17 bits per heavy atom. The van der Waals surface area contributed by atoms with Gasteiger partial charge in [-0.05, 0) is 79.4 Å². The van der Waals surface area contributed by atoms with E-state index in [2.05, 4.69) is 26.0 Å². The molecule has 4 aliphatic carbocycles. The lowest BCUT2D eigenvalue weighted by atomic mass is 9.45. The van der Waals surface area contributed by atoms with E-state index in [0.29, 0.717) is 17.8 Å². The van der Waals surface area contributed by atoms with E-state index in [1.807, 2.05) is 6.08 Å². The van der Waals surface area contributed by atoms with Gasteiger partial charge in [0.1, 0.15) is 6.29 Å². The van der Waals surface area contributed by atoms with Crippen molar-refractivity contribution >= 4 is 12.1 Å². The SMILES string of the molecule is CC12C=CC(=O)C=C1CCC1C2CCC2(C)C(C=O)=CCCC12. The van der Waals surface area contributed by atoms with Gasteiger partial charge in [-0.2, -0.15) is 0 Å². The topological polar surface area (TPSA) is 34.1 Å². The summed E-state index contributed by atoms with van der Waals surface area (Å²) in [6.45, 7) is 4.65. The molecule has 0 bridgehead atoms. The first-order chi connectivity index (χ1) is 11.0. The molecule has 0 saturated heterocycles. The van der Waals surface area contributed by atoms with Gasteiger partial charge < -0.3 is 0 Å². The van der Waals surface area contributed by atoms with Crippen LogP contribution in [0.3, 0.4) is 0 Å². The lowest BCUT2D eigenvalue weighted by molar-refractivity contribution is -0.111. The Labute approximate surface area is 138 Å². The second-order valence-corrected chi connectivity index (χ2v) is 8.41. The number of carbonyl (C=O) groups excluding carboxylic acids is 2. The quantitative estimate of drug-likeness (QED) is 0.672. The van der Waals surface area contributed by atoms with Crippen LogP contribution >= 0.6 is 0 Å². The highest BCUT2D eigenvalue weighted by Crippen LogP contribution is 2.63. The monoisotopic (exact) mass is 310 g/mol. The van der Waals surface area contributed by atoms with Gasteiger partial charge in [0.25, 0.3) is 0 Å². The molecule has 2 nitrogen and oxygen atoms in total. The maximum Gasteiger partial charge on any atom is 0.178 e. The first kappa shape index (κ1) is 15.1. The summed E-state index contributed by atoms with van der Waals surface area (Å²) in [7, 11) is 0. The number of rotatable bonds is 1. The fraction of sp³-hybridized carbons (Fsp3) is 0.619. The first-order valence-electron chi connectivity index (χ1n) is 9.09. The average Bonchev–Trinajstić information content (AvgIpc) is 2.54. The van der Waals surface area contributed by atoms with Gasteiger partial charge in [0, 0.05) is 5.41 Å². The van der Waals surface area contributed by atoms with E-state index in [-0.39, 0.29) is 16.6 Å². The van der Waals surface area contributed by atoms with Crippen LogP contribution in [0.2, 0.25) is 0 Å². The van der Waals surface area contributed by atoms with Gasteiger partial charge in [0.15, 0.2) is 5.78 Å². The molecule has 2 saturated carbocycles. The molecular weight excluding hydrogens is 284 g/mol. The summed E-state index contributed by atoms with van der Waals surface area (Å²) < 4.78 is 0. The molecule has 0 radical (unpaired) electrons. The summed E-state index contributed by atoms with van der Waals surface area (Å²) in [5.74, 6) is 2.07. The Hall–Kier alpha value is -1.44. The Morgan fingerprint density at radius 3 is 2.78 bits per heavy atom. The van der Waals surface area contributed by atoms with Crippen molar-refractivity contribution in [2.24, 2.45) is 28.6 Å². The molecule has 5 unspecified atom stereocenters. The predicted octanol–water partition coefficient (Wildman–Crippen LogP) is 4.42. The molecule has 0 spiro atoms. The molecule has 0 N–H and O–H groups in total. The van der Waals surface area contributed by atoms with Crippen molar-refractivity contribution in [1.29, 1.82) is 0 Å². The van der Waals surface area contributed by atoms with Gasteiger partial charge in [-0.15, -0.1) is 0 Å². The van der Waals surface area contributed by atoms with Crippen LogP contribution in [0.5, 0.6) is 0 Å². The molecule has 0 heterocycles. The largest absolute Gasteiger partial charge is 0.298 e. The fourth-order valence-corrected chi connectivity index (χ4v) is 6.24. The van der Waals surface area contributed by atoms with E-state index >= 15 is 0 Å². The fourth-order valence-electron chi connectivity index (χ4n) is 6.24. The molecule has 5 atom stereocenters. The molecular formula is C21H26O2. The third-order valence-electron chi connectivity index (χ3n) is 7.57. The van der Waals surface area contributed by atoms with Crippen LogP contribution in [0.15, 0.2) is 35.5 Å². The summed E-state index contributed by atoms with van der Waals surface area (Å²) in [6.07, 6.45) is 15.9. The van der Waals surface area contributed by atoms with Gasteiger partial charge in [-0.3, -0.25) is 9.59 Å². The van der Waals surface area contributed by atoms with Crippen molar-refractivity contribution in [3.8, 4) is 0 Å². The van der Waals surface area contributed by atoms with Crippen LogP contribution in [0, 0.1) is 28.6 Å². The van der Waals surface area contributed by atoms with E-state index in [4.69, 9.17) is 0 Å². The smallest absolute Gasteiger partial charge is 0.178 e. The highest BCUT2D eigenvalue weighted by molar-refractivity contribution is 6.01. The summed E-state index contributed by atoms with van der Waals surface area (Å²) in [5.41, 5.74) is 2.53. The normalized spacial score (nSPS) is 45.3. The molecule has 2 heteroatoms. The summed E-state index contributed by atoms with van der Waals surface area (Å²) in [6, 6.07) is 0.